The molecule has 2 aromatic carbocycles. The third kappa shape index (κ3) is 5.75. The van der Waals surface area contributed by atoms with E-state index in [4.69, 9.17) is 5.73 Å². The number of rotatable bonds is 10. The van der Waals surface area contributed by atoms with Crippen LogP contribution in [0.5, 0.6) is 0 Å². The summed E-state index contributed by atoms with van der Waals surface area (Å²) in [6, 6.07) is 17.8. The standard InChI is InChI=1S/C20H23N3O4S/c21-17(24)12-20(19(26)27,22-16-9-5-2-6-10-16)23-18(25)15(13-28)11-14-7-3-1-4-8-14/h1-10,15,22,28H,11-13H2,(H2,21,24)(H,23,25)(H,26,27)/t15?,20-/m0/s1. The van der Waals surface area contributed by atoms with Crippen LogP contribution in [0.3, 0.4) is 0 Å². The van der Waals surface area contributed by atoms with E-state index in [0.717, 1.165) is 5.56 Å². The Morgan fingerprint density at radius 3 is 2.11 bits per heavy atom. The minimum absolute atomic E-state index is 0.207. The van der Waals surface area contributed by atoms with E-state index in [1.54, 1.807) is 30.3 Å². The summed E-state index contributed by atoms with van der Waals surface area (Å²) >= 11 is 4.24. The van der Waals surface area contributed by atoms with E-state index < -0.39 is 35.8 Å². The second-order valence-electron chi connectivity index (χ2n) is 6.40. The topological polar surface area (TPSA) is 122 Å². The highest BCUT2D eigenvalue weighted by Crippen LogP contribution is 2.19. The quantitative estimate of drug-likeness (QED) is 0.306. The summed E-state index contributed by atoms with van der Waals surface area (Å²) in [6.45, 7) is 0. The van der Waals surface area contributed by atoms with Gasteiger partial charge in [-0.3, -0.25) is 9.59 Å². The molecular weight excluding hydrogens is 378 g/mol. The van der Waals surface area contributed by atoms with Crippen LogP contribution in [-0.2, 0) is 20.8 Å². The van der Waals surface area contributed by atoms with E-state index in [2.05, 4.69) is 23.3 Å². The van der Waals surface area contributed by atoms with Gasteiger partial charge in [-0.2, -0.15) is 12.6 Å². The number of carbonyl (C=O) groups excluding carboxylic acids is 2. The van der Waals surface area contributed by atoms with Crippen LogP contribution in [0.2, 0.25) is 0 Å². The third-order valence-electron chi connectivity index (χ3n) is 4.19. The Morgan fingerprint density at radius 2 is 1.61 bits per heavy atom. The van der Waals surface area contributed by atoms with Crippen molar-refractivity contribution in [2.24, 2.45) is 11.7 Å². The van der Waals surface area contributed by atoms with Gasteiger partial charge in [0, 0.05) is 11.4 Å². The molecule has 0 fully saturated rings. The molecule has 0 spiro atoms. The first kappa shape index (κ1) is 21.3. The number of aliphatic carboxylic acids is 1. The van der Waals surface area contributed by atoms with Crippen molar-refractivity contribution in [1.82, 2.24) is 5.32 Å². The monoisotopic (exact) mass is 401 g/mol. The highest BCUT2D eigenvalue weighted by atomic mass is 32.1. The lowest BCUT2D eigenvalue weighted by Gasteiger charge is -2.33. The van der Waals surface area contributed by atoms with E-state index in [-0.39, 0.29) is 5.75 Å². The summed E-state index contributed by atoms with van der Waals surface area (Å²) in [5, 5.41) is 15.0. The molecule has 1 unspecified atom stereocenters. The van der Waals surface area contributed by atoms with Crippen molar-refractivity contribution in [1.29, 1.82) is 0 Å². The SMILES string of the molecule is NC(=O)C[C@@](NC(=O)C(CS)Cc1ccccc1)(Nc1ccccc1)C(=O)O. The van der Waals surface area contributed by atoms with Crippen LogP contribution in [0.1, 0.15) is 12.0 Å². The number of carboxylic acids is 1. The molecule has 0 bridgehead atoms. The zero-order chi connectivity index (χ0) is 20.6. The third-order valence-corrected chi connectivity index (χ3v) is 4.63. The molecule has 7 nitrogen and oxygen atoms in total. The number of thiol groups is 1. The predicted octanol–water partition coefficient (Wildman–Crippen LogP) is 1.66. The fraction of sp³-hybridized carbons (Fsp3) is 0.250. The maximum absolute atomic E-state index is 12.9. The molecule has 0 aliphatic heterocycles. The van der Waals surface area contributed by atoms with Crippen LogP contribution in [0.4, 0.5) is 5.69 Å². The molecule has 0 radical (unpaired) electrons. The molecule has 148 valence electrons. The largest absolute Gasteiger partial charge is 0.478 e. The van der Waals surface area contributed by atoms with Crippen LogP contribution in [-0.4, -0.2) is 34.3 Å². The minimum atomic E-state index is -2.07. The number of amides is 2. The number of hydrogen-bond donors (Lipinski definition) is 5. The Morgan fingerprint density at radius 1 is 1.04 bits per heavy atom. The highest BCUT2D eigenvalue weighted by Gasteiger charge is 2.43. The van der Waals surface area contributed by atoms with Crippen LogP contribution in [0.25, 0.3) is 0 Å². The van der Waals surface area contributed by atoms with E-state index in [1.165, 1.54) is 0 Å². The lowest BCUT2D eigenvalue weighted by molar-refractivity contribution is -0.148. The van der Waals surface area contributed by atoms with Crippen LogP contribution >= 0.6 is 12.6 Å². The number of benzene rings is 2. The second kappa shape index (κ2) is 9.80. The van der Waals surface area contributed by atoms with Crippen LogP contribution < -0.4 is 16.4 Å². The average Bonchev–Trinajstić information content (AvgIpc) is 2.66. The van der Waals surface area contributed by atoms with Gasteiger partial charge in [0.05, 0.1) is 12.3 Å². The normalized spacial score (nSPS) is 13.8. The van der Waals surface area contributed by atoms with Crippen molar-refractivity contribution in [3.8, 4) is 0 Å². The summed E-state index contributed by atoms with van der Waals surface area (Å²) in [5.74, 6) is -3.20. The molecular formula is C20H23N3O4S. The number of para-hydroxylation sites is 1. The summed E-state index contributed by atoms with van der Waals surface area (Å²) in [7, 11) is 0. The maximum Gasteiger partial charge on any atom is 0.351 e. The van der Waals surface area contributed by atoms with Gasteiger partial charge < -0.3 is 21.5 Å². The van der Waals surface area contributed by atoms with Gasteiger partial charge in [-0.15, -0.1) is 0 Å². The molecule has 0 aliphatic carbocycles. The van der Waals surface area contributed by atoms with Gasteiger partial charge in [-0.25, -0.2) is 4.79 Å². The molecule has 2 amide bonds. The molecule has 0 saturated heterocycles. The number of primary amides is 1. The Kier molecular flexibility index (Phi) is 7.45. The van der Waals surface area contributed by atoms with E-state index in [9.17, 15) is 19.5 Å². The van der Waals surface area contributed by atoms with Crippen molar-refractivity contribution in [3.05, 3.63) is 66.2 Å². The molecule has 2 rings (SSSR count). The number of anilines is 1. The fourth-order valence-corrected chi connectivity index (χ4v) is 3.08. The Hall–Kier alpha value is -3.00. The molecule has 28 heavy (non-hydrogen) atoms. The molecule has 2 atom stereocenters. The number of hydrogen-bond acceptors (Lipinski definition) is 5. The zero-order valence-electron chi connectivity index (χ0n) is 15.2. The first-order chi connectivity index (χ1) is 13.4. The van der Waals surface area contributed by atoms with Crippen LogP contribution in [0.15, 0.2) is 60.7 Å². The number of carbonyl (C=O) groups is 3. The zero-order valence-corrected chi connectivity index (χ0v) is 16.1. The Labute approximate surface area is 168 Å². The summed E-state index contributed by atoms with van der Waals surface area (Å²) in [4.78, 5) is 36.5. The van der Waals surface area contributed by atoms with Crippen molar-refractivity contribution < 1.29 is 19.5 Å². The molecule has 0 aromatic heterocycles. The molecule has 2 aromatic rings. The van der Waals surface area contributed by atoms with Gasteiger partial charge in [0.1, 0.15) is 0 Å². The lowest BCUT2D eigenvalue weighted by Crippen LogP contribution is -2.63. The minimum Gasteiger partial charge on any atom is -0.478 e. The summed E-state index contributed by atoms with van der Waals surface area (Å²) in [6.07, 6.45) is -0.235. The molecule has 0 heterocycles. The van der Waals surface area contributed by atoms with Gasteiger partial charge in [0.2, 0.25) is 17.5 Å². The van der Waals surface area contributed by atoms with E-state index >= 15 is 0 Å². The molecule has 0 saturated carbocycles. The summed E-state index contributed by atoms with van der Waals surface area (Å²) < 4.78 is 0. The average molecular weight is 401 g/mol. The van der Waals surface area contributed by atoms with Gasteiger partial charge >= 0.3 is 5.97 Å². The Bertz CT molecular complexity index is 817. The van der Waals surface area contributed by atoms with Gasteiger partial charge in [-0.1, -0.05) is 48.5 Å². The lowest BCUT2D eigenvalue weighted by atomic mass is 9.97. The number of nitrogens with one attached hydrogen (secondary N) is 2. The fourth-order valence-electron chi connectivity index (χ4n) is 2.78. The molecule has 8 heteroatoms. The van der Waals surface area contributed by atoms with E-state index in [1.807, 2.05) is 30.3 Å². The molecule has 0 aliphatic rings. The van der Waals surface area contributed by atoms with Crippen LogP contribution in [0, 0.1) is 5.92 Å². The first-order valence-electron chi connectivity index (χ1n) is 8.68. The summed E-state index contributed by atoms with van der Waals surface area (Å²) in [5.41, 5.74) is 4.55. The Balaban J connectivity index is 2.27. The van der Waals surface area contributed by atoms with E-state index in [0.29, 0.717) is 12.1 Å². The van der Waals surface area contributed by atoms with Crippen molar-refractivity contribution in [2.45, 2.75) is 18.5 Å². The van der Waals surface area contributed by atoms with Crippen molar-refractivity contribution in [3.63, 3.8) is 0 Å². The van der Waals surface area contributed by atoms with Crippen molar-refractivity contribution >= 4 is 36.1 Å². The first-order valence-corrected chi connectivity index (χ1v) is 9.31. The van der Waals surface area contributed by atoms with Gasteiger partial charge in [0.15, 0.2) is 0 Å². The highest BCUT2D eigenvalue weighted by molar-refractivity contribution is 7.80. The smallest absolute Gasteiger partial charge is 0.351 e. The second-order valence-corrected chi connectivity index (χ2v) is 6.77. The molecule has 5 N–H and O–H groups in total. The van der Waals surface area contributed by atoms with Gasteiger partial charge in [0.25, 0.3) is 0 Å². The number of carboxylic acid groups (broad SMARTS) is 1. The van der Waals surface area contributed by atoms with Gasteiger partial charge in [-0.05, 0) is 24.1 Å². The van der Waals surface area contributed by atoms with Crippen molar-refractivity contribution in [2.75, 3.05) is 11.1 Å². The number of nitrogens with two attached hydrogens (primary N) is 1. The predicted molar refractivity (Wildman–Crippen MR) is 110 cm³/mol. The maximum atomic E-state index is 12.9.